The Morgan fingerprint density at radius 2 is 1.79 bits per heavy atom. The number of nitrogens with zero attached hydrogens (tertiary/aromatic N) is 2. The average molecular weight is 392 g/mol. The summed E-state index contributed by atoms with van der Waals surface area (Å²) in [7, 11) is 1.63. The molecular weight excluding hydrogens is 368 g/mol. The molecule has 2 N–H and O–H groups in total. The molecule has 1 amide bonds. The van der Waals surface area contributed by atoms with Gasteiger partial charge in [0.1, 0.15) is 23.1 Å². The van der Waals surface area contributed by atoms with Crippen LogP contribution in [0.4, 0.5) is 11.5 Å². The van der Waals surface area contributed by atoms with Gasteiger partial charge in [-0.2, -0.15) is 0 Å². The molecule has 0 fully saturated rings. The first-order chi connectivity index (χ1) is 14.2. The fourth-order valence-electron chi connectivity index (χ4n) is 2.67. The minimum absolute atomic E-state index is 0.247. The molecule has 7 nitrogen and oxygen atoms in total. The first-order valence-electron chi connectivity index (χ1n) is 9.37. The van der Waals surface area contributed by atoms with E-state index >= 15 is 0 Å². The predicted octanol–water partition coefficient (Wildman–Crippen LogP) is 4.09. The maximum Gasteiger partial charge on any atom is 0.270 e. The van der Waals surface area contributed by atoms with E-state index < -0.39 is 0 Å². The van der Waals surface area contributed by atoms with Crippen molar-refractivity contribution in [1.82, 2.24) is 15.3 Å². The molecule has 29 heavy (non-hydrogen) atoms. The van der Waals surface area contributed by atoms with Gasteiger partial charge in [0.05, 0.1) is 5.69 Å². The van der Waals surface area contributed by atoms with Crippen molar-refractivity contribution >= 4 is 17.4 Å². The molecule has 0 aliphatic rings. The molecule has 150 valence electrons. The van der Waals surface area contributed by atoms with Crippen molar-refractivity contribution < 1.29 is 14.3 Å². The molecule has 0 atom stereocenters. The second-order valence-corrected chi connectivity index (χ2v) is 6.32. The smallest absolute Gasteiger partial charge is 0.270 e. The summed E-state index contributed by atoms with van der Waals surface area (Å²) in [5, 5.41) is 6.06. The monoisotopic (exact) mass is 392 g/mol. The number of aromatic nitrogens is 2. The SMILES string of the molecule is COCCCNC(=O)c1cc(Nc2ccccc2Oc2ccccc2)nc(C)n1. The Labute approximate surface area is 170 Å². The summed E-state index contributed by atoms with van der Waals surface area (Å²) in [6.07, 6.45) is 0.738. The number of carbonyl (C=O) groups excluding carboxylic acids is 1. The van der Waals surface area contributed by atoms with E-state index in [0.717, 1.165) is 17.9 Å². The highest BCUT2D eigenvalue weighted by atomic mass is 16.5. The second-order valence-electron chi connectivity index (χ2n) is 6.32. The number of hydrogen-bond donors (Lipinski definition) is 2. The lowest BCUT2D eigenvalue weighted by molar-refractivity contribution is 0.0943. The van der Waals surface area contributed by atoms with E-state index in [0.29, 0.717) is 36.2 Å². The van der Waals surface area contributed by atoms with E-state index in [1.54, 1.807) is 20.1 Å². The zero-order chi connectivity index (χ0) is 20.5. The van der Waals surface area contributed by atoms with E-state index in [2.05, 4.69) is 20.6 Å². The van der Waals surface area contributed by atoms with Crippen molar-refractivity contribution in [2.75, 3.05) is 25.6 Å². The maximum absolute atomic E-state index is 12.4. The molecule has 0 saturated heterocycles. The standard InChI is InChI=1S/C22H24N4O3/c1-16-24-19(22(27)23-13-8-14-28-2)15-21(25-16)26-18-11-6-7-12-20(18)29-17-9-4-3-5-10-17/h3-7,9-12,15H,8,13-14H2,1-2H3,(H,23,27)(H,24,25,26). The van der Waals surface area contributed by atoms with Gasteiger partial charge in [-0.1, -0.05) is 30.3 Å². The number of rotatable bonds is 9. The lowest BCUT2D eigenvalue weighted by Gasteiger charge is -2.13. The summed E-state index contributed by atoms with van der Waals surface area (Å²) in [4.78, 5) is 21.0. The molecule has 0 saturated carbocycles. The van der Waals surface area contributed by atoms with E-state index in [1.807, 2.05) is 54.6 Å². The van der Waals surface area contributed by atoms with Crippen LogP contribution in [-0.2, 0) is 4.74 Å². The maximum atomic E-state index is 12.4. The van der Waals surface area contributed by atoms with E-state index in [4.69, 9.17) is 9.47 Å². The molecule has 0 radical (unpaired) electrons. The van der Waals surface area contributed by atoms with Crippen LogP contribution < -0.4 is 15.4 Å². The third-order valence-electron chi connectivity index (χ3n) is 4.00. The van der Waals surface area contributed by atoms with Gasteiger partial charge in [-0.15, -0.1) is 0 Å². The Hall–Kier alpha value is -3.45. The zero-order valence-corrected chi connectivity index (χ0v) is 16.5. The van der Waals surface area contributed by atoms with Crippen LogP contribution in [0.2, 0.25) is 0 Å². The third-order valence-corrected chi connectivity index (χ3v) is 4.00. The largest absolute Gasteiger partial charge is 0.455 e. The Balaban J connectivity index is 1.75. The first kappa shape index (κ1) is 20.3. The molecule has 0 unspecified atom stereocenters. The van der Waals surface area contributed by atoms with Gasteiger partial charge in [-0.3, -0.25) is 4.79 Å². The Morgan fingerprint density at radius 1 is 1.03 bits per heavy atom. The molecular formula is C22H24N4O3. The van der Waals surface area contributed by atoms with Crippen LogP contribution in [0.1, 0.15) is 22.7 Å². The van der Waals surface area contributed by atoms with Crippen LogP contribution in [-0.4, -0.2) is 36.1 Å². The van der Waals surface area contributed by atoms with Crippen molar-refractivity contribution in [3.8, 4) is 11.5 Å². The summed E-state index contributed by atoms with van der Waals surface area (Å²) in [6, 6.07) is 18.7. The fraction of sp³-hybridized carbons (Fsp3) is 0.227. The molecule has 3 rings (SSSR count). The summed E-state index contributed by atoms with van der Waals surface area (Å²) in [6.45, 7) is 2.86. The highest BCUT2D eigenvalue weighted by molar-refractivity contribution is 5.93. The number of carbonyl (C=O) groups is 1. The number of anilines is 2. The number of para-hydroxylation sites is 3. The number of amides is 1. The van der Waals surface area contributed by atoms with Crippen molar-refractivity contribution in [2.45, 2.75) is 13.3 Å². The van der Waals surface area contributed by atoms with Gasteiger partial charge in [0.25, 0.3) is 5.91 Å². The predicted molar refractivity (Wildman–Crippen MR) is 112 cm³/mol. The molecule has 1 heterocycles. The minimum Gasteiger partial charge on any atom is -0.455 e. The lowest BCUT2D eigenvalue weighted by Crippen LogP contribution is -2.26. The summed E-state index contributed by atoms with van der Waals surface area (Å²) >= 11 is 0. The van der Waals surface area contributed by atoms with Gasteiger partial charge < -0.3 is 20.1 Å². The van der Waals surface area contributed by atoms with Gasteiger partial charge in [0.2, 0.25) is 0 Å². The van der Waals surface area contributed by atoms with Crippen molar-refractivity contribution in [3.05, 3.63) is 72.2 Å². The minimum atomic E-state index is -0.247. The second kappa shape index (κ2) is 10.2. The van der Waals surface area contributed by atoms with Crippen LogP contribution in [0.25, 0.3) is 0 Å². The van der Waals surface area contributed by atoms with E-state index in [1.165, 1.54) is 0 Å². The summed E-state index contributed by atoms with van der Waals surface area (Å²) in [5.74, 6) is 2.16. The number of benzene rings is 2. The van der Waals surface area contributed by atoms with E-state index in [-0.39, 0.29) is 5.91 Å². The lowest BCUT2D eigenvalue weighted by atomic mass is 10.2. The van der Waals surface area contributed by atoms with Crippen LogP contribution in [0.15, 0.2) is 60.7 Å². The molecule has 7 heteroatoms. The van der Waals surface area contributed by atoms with Gasteiger partial charge >= 0.3 is 0 Å². The third kappa shape index (κ3) is 6.02. The van der Waals surface area contributed by atoms with E-state index in [9.17, 15) is 4.79 Å². The Morgan fingerprint density at radius 3 is 2.59 bits per heavy atom. The summed E-state index contributed by atoms with van der Waals surface area (Å²) in [5.41, 5.74) is 1.04. The van der Waals surface area contributed by atoms with Crippen LogP contribution in [0.3, 0.4) is 0 Å². The normalized spacial score (nSPS) is 10.4. The highest BCUT2D eigenvalue weighted by Crippen LogP contribution is 2.31. The highest BCUT2D eigenvalue weighted by Gasteiger charge is 2.12. The van der Waals surface area contributed by atoms with Gasteiger partial charge in [-0.25, -0.2) is 9.97 Å². The van der Waals surface area contributed by atoms with Gasteiger partial charge in [0, 0.05) is 26.3 Å². The zero-order valence-electron chi connectivity index (χ0n) is 16.5. The van der Waals surface area contributed by atoms with Gasteiger partial charge in [-0.05, 0) is 37.6 Å². The molecule has 0 bridgehead atoms. The molecule has 0 aliphatic heterocycles. The fourth-order valence-corrected chi connectivity index (χ4v) is 2.67. The summed E-state index contributed by atoms with van der Waals surface area (Å²) < 4.78 is 11.0. The van der Waals surface area contributed by atoms with Crippen LogP contribution >= 0.6 is 0 Å². The van der Waals surface area contributed by atoms with Crippen LogP contribution in [0, 0.1) is 6.92 Å². The molecule has 0 spiro atoms. The number of aryl methyl sites for hydroxylation is 1. The molecule has 0 aliphatic carbocycles. The average Bonchev–Trinajstić information content (AvgIpc) is 2.73. The topological polar surface area (TPSA) is 85.4 Å². The van der Waals surface area contributed by atoms with Crippen LogP contribution in [0.5, 0.6) is 11.5 Å². The molecule has 2 aromatic carbocycles. The number of hydrogen-bond acceptors (Lipinski definition) is 6. The quantitative estimate of drug-likeness (QED) is 0.534. The Bertz CT molecular complexity index is 948. The van der Waals surface area contributed by atoms with Crippen molar-refractivity contribution in [1.29, 1.82) is 0 Å². The molecule has 1 aromatic heterocycles. The first-order valence-corrected chi connectivity index (χ1v) is 9.37. The Kier molecular flexibility index (Phi) is 7.13. The molecule has 3 aromatic rings. The van der Waals surface area contributed by atoms with Crippen molar-refractivity contribution in [2.24, 2.45) is 0 Å². The van der Waals surface area contributed by atoms with Gasteiger partial charge in [0.15, 0.2) is 5.75 Å². The number of ether oxygens (including phenoxy) is 2. The number of methoxy groups -OCH3 is 1. The van der Waals surface area contributed by atoms with Crippen molar-refractivity contribution in [3.63, 3.8) is 0 Å². The number of nitrogens with one attached hydrogen (secondary N) is 2.